The molecule has 1 N–H and O–H groups in total. The van der Waals surface area contributed by atoms with Crippen LogP contribution in [0.1, 0.15) is 47.2 Å². The van der Waals surface area contributed by atoms with Crippen LogP contribution in [0.4, 0.5) is 22.0 Å². The third kappa shape index (κ3) is 4.38. The van der Waals surface area contributed by atoms with Crippen LogP contribution in [0.2, 0.25) is 0 Å². The Labute approximate surface area is 159 Å². The van der Waals surface area contributed by atoms with E-state index in [1.807, 2.05) is 0 Å². The van der Waals surface area contributed by atoms with Crippen molar-refractivity contribution in [1.82, 2.24) is 30.2 Å². The van der Waals surface area contributed by atoms with E-state index in [9.17, 15) is 26.7 Å². The van der Waals surface area contributed by atoms with Gasteiger partial charge in [-0.1, -0.05) is 5.16 Å². The van der Waals surface area contributed by atoms with Gasteiger partial charge >= 0.3 is 6.18 Å². The normalized spacial score (nSPS) is 13.0. The molecule has 3 heterocycles. The molecular weight excluding hydrogens is 403 g/mol. The number of aryl methyl sites for hydroxylation is 1. The van der Waals surface area contributed by atoms with E-state index in [2.05, 4.69) is 25.5 Å². The van der Waals surface area contributed by atoms with Gasteiger partial charge in [0.05, 0.1) is 0 Å². The number of carbonyl (C=O) groups is 1. The molecule has 0 aliphatic heterocycles. The predicted octanol–water partition coefficient (Wildman–Crippen LogP) is 3.31. The van der Waals surface area contributed by atoms with Gasteiger partial charge < -0.3 is 9.84 Å². The van der Waals surface area contributed by atoms with Gasteiger partial charge in [0.2, 0.25) is 11.7 Å². The highest BCUT2D eigenvalue weighted by Crippen LogP contribution is 2.28. The molecule has 0 saturated heterocycles. The maximum Gasteiger partial charge on any atom is 0.435 e. The SMILES string of the molecule is C[C@H](NC(=O)c1cc(C(F)(F)F)nn1C)c1nc(-c2ccnc(C(F)F)c2)no1. The van der Waals surface area contributed by atoms with Gasteiger partial charge in [-0.2, -0.15) is 23.3 Å². The minimum absolute atomic E-state index is 0.00899. The molecule has 3 aromatic heterocycles. The number of pyridine rings is 1. The standard InChI is InChI=1S/C16H13F5N6O2/c1-7(23-14(28)10-6-11(16(19,20)21)25-27(10)2)15-24-13(26-29-15)8-3-4-22-9(5-8)12(17)18/h3-7,12H,1-2H3,(H,23,28)/t7-/m0/s1. The second-order valence-electron chi connectivity index (χ2n) is 5.96. The Balaban J connectivity index is 1.75. The summed E-state index contributed by atoms with van der Waals surface area (Å²) in [4.78, 5) is 19.8. The van der Waals surface area contributed by atoms with E-state index in [1.165, 1.54) is 26.2 Å². The first kappa shape index (κ1) is 20.4. The van der Waals surface area contributed by atoms with Crippen LogP contribution in [0.5, 0.6) is 0 Å². The molecule has 3 aromatic rings. The van der Waals surface area contributed by atoms with Crippen molar-refractivity contribution in [2.45, 2.75) is 25.6 Å². The van der Waals surface area contributed by atoms with Gasteiger partial charge in [0.25, 0.3) is 12.3 Å². The number of halogens is 5. The molecule has 0 aromatic carbocycles. The average molecular weight is 416 g/mol. The molecule has 0 saturated carbocycles. The van der Waals surface area contributed by atoms with Crippen LogP contribution in [0.25, 0.3) is 11.4 Å². The first-order chi connectivity index (χ1) is 13.6. The van der Waals surface area contributed by atoms with E-state index in [0.29, 0.717) is 6.07 Å². The van der Waals surface area contributed by atoms with Crippen molar-refractivity contribution in [3.63, 3.8) is 0 Å². The Hall–Kier alpha value is -3.38. The molecule has 0 spiro atoms. The quantitative estimate of drug-likeness (QED) is 0.641. The molecular formula is C16H13F5N6O2. The summed E-state index contributed by atoms with van der Waals surface area (Å²) in [6.07, 6.45) is -6.30. The molecule has 154 valence electrons. The number of rotatable bonds is 5. The Kier molecular flexibility index (Phi) is 5.31. The van der Waals surface area contributed by atoms with E-state index >= 15 is 0 Å². The molecule has 29 heavy (non-hydrogen) atoms. The van der Waals surface area contributed by atoms with Gasteiger partial charge in [-0.3, -0.25) is 14.5 Å². The average Bonchev–Trinajstić information content (AvgIpc) is 3.28. The van der Waals surface area contributed by atoms with Crippen molar-refractivity contribution in [2.24, 2.45) is 7.05 Å². The summed E-state index contributed by atoms with van der Waals surface area (Å²) >= 11 is 0. The molecule has 3 rings (SSSR count). The predicted molar refractivity (Wildman–Crippen MR) is 86.6 cm³/mol. The number of hydrogen-bond donors (Lipinski definition) is 1. The Bertz CT molecular complexity index is 1030. The molecule has 1 amide bonds. The molecule has 0 radical (unpaired) electrons. The fourth-order valence-corrected chi connectivity index (χ4v) is 2.39. The van der Waals surface area contributed by atoms with E-state index in [0.717, 1.165) is 10.7 Å². The van der Waals surface area contributed by atoms with Crippen LogP contribution in [0, 0.1) is 0 Å². The van der Waals surface area contributed by atoms with Gasteiger partial charge in [0.15, 0.2) is 5.69 Å². The maximum atomic E-state index is 12.8. The van der Waals surface area contributed by atoms with Crippen molar-refractivity contribution in [3.8, 4) is 11.4 Å². The highest BCUT2D eigenvalue weighted by molar-refractivity contribution is 5.92. The highest BCUT2D eigenvalue weighted by Gasteiger charge is 2.35. The van der Waals surface area contributed by atoms with Crippen LogP contribution in [0.15, 0.2) is 28.9 Å². The monoisotopic (exact) mass is 416 g/mol. The zero-order chi connectivity index (χ0) is 21.3. The van der Waals surface area contributed by atoms with Crippen LogP contribution in [-0.4, -0.2) is 30.8 Å². The molecule has 1 atom stereocenters. The second-order valence-corrected chi connectivity index (χ2v) is 5.96. The minimum Gasteiger partial charge on any atom is -0.339 e. The molecule has 0 aliphatic rings. The van der Waals surface area contributed by atoms with Crippen LogP contribution in [0.3, 0.4) is 0 Å². The van der Waals surface area contributed by atoms with Crippen molar-refractivity contribution in [2.75, 3.05) is 0 Å². The second kappa shape index (κ2) is 7.56. The van der Waals surface area contributed by atoms with Gasteiger partial charge in [0.1, 0.15) is 17.4 Å². The molecule has 0 fully saturated rings. The van der Waals surface area contributed by atoms with E-state index in [4.69, 9.17) is 4.52 Å². The lowest BCUT2D eigenvalue weighted by Gasteiger charge is -2.09. The zero-order valence-electron chi connectivity index (χ0n) is 14.9. The Morgan fingerprint density at radius 3 is 2.62 bits per heavy atom. The third-order valence-corrected chi connectivity index (χ3v) is 3.83. The smallest absolute Gasteiger partial charge is 0.339 e. The first-order valence-electron chi connectivity index (χ1n) is 8.06. The fraction of sp³-hybridized carbons (Fsp3) is 0.312. The number of alkyl halides is 5. The number of carbonyl (C=O) groups excluding carboxylic acids is 1. The number of nitrogens with one attached hydrogen (secondary N) is 1. The van der Waals surface area contributed by atoms with Crippen LogP contribution < -0.4 is 5.32 Å². The summed E-state index contributed by atoms with van der Waals surface area (Å²) in [6.45, 7) is 1.47. The number of nitrogens with zero attached hydrogens (tertiary/aromatic N) is 5. The summed E-state index contributed by atoms with van der Waals surface area (Å²) in [7, 11) is 1.20. The summed E-state index contributed by atoms with van der Waals surface area (Å²) < 4.78 is 69.5. The van der Waals surface area contributed by atoms with Gasteiger partial charge in [-0.15, -0.1) is 0 Å². The van der Waals surface area contributed by atoms with Crippen molar-refractivity contribution in [3.05, 3.63) is 47.4 Å². The fourth-order valence-electron chi connectivity index (χ4n) is 2.39. The number of hydrogen-bond acceptors (Lipinski definition) is 6. The number of aromatic nitrogens is 5. The summed E-state index contributed by atoms with van der Waals surface area (Å²) in [6, 6.07) is 2.24. The lowest BCUT2D eigenvalue weighted by molar-refractivity contribution is -0.141. The van der Waals surface area contributed by atoms with Crippen LogP contribution >= 0.6 is 0 Å². The largest absolute Gasteiger partial charge is 0.435 e. The van der Waals surface area contributed by atoms with Crippen molar-refractivity contribution < 1.29 is 31.3 Å². The maximum absolute atomic E-state index is 12.8. The van der Waals surface area contributed by atoms with E-state index < -0.39 is 35.9 Å². The van der Waals surface area contributed by atoms with Gasteiger partial charge in [-0.05, 0) is 19.1 Å². The van der Waals surface area contributed by atoms with E-state index in [1.54, 1.807) is 0 Å². The molecule has 13 heteroatoms. The molecule has 0 unspecified atom stereocenters. The number of amides is 1. The molecule has 8 nitrogen and oxygen atoms in total. The van der Waals surface area contributed by atoms with Gasteiger partial charge in [-0.25, -0.2) is 8.78 Å². The van der Waals surface area contributed by atoms with Crippen molar-refractivity contribution in [1.29, 1.82) is 0 Å². The highest BCUT2D eigenvalue weighted by atomic mass is 19.4. The zero-order valence-corrected chi connectivity index (χ0v) is 14.9. The van der Waals surface area contributed by atoms with Crippen LogP contribution in [-0.2, 0) is 13.2 Å². The lowest BCUT2D eigenvalue weighted by atomic mass is 10.2. The third-order valence-electron chi connectivity index (χ3n) is 3.83. The molecule has 0 bridgehead atoms. The summed E-state index contributed by atoms with van der Waals surface area (Å²) in [5.74, 6) is -0.918. The first-order valence-corrected chi connectivity index (χ1v) is 8.06. The summed E-state index contributed by atoms with van der Waals surface area (Å²) in [5.41, 5.74) is -1.76. The van der Waals surface area contributed by atoms with Crippen molar-refractivity contribution >= 4 is 5.91 Å². The summed E-state index contributed by atoms with van der Waals surface area (Å²) in [5, 5.41) is 9.34. The topological polar surface area (TPSA) is 98.7 Å². The Morgan fingerprint density at radius 1 is 1.28 bits per heavy atom. The minimum atomic E-state index is -4.69. The lowest BCUT2D eigenvalue weighted by Crippen LogP contribution is -2.28. The van der Waals surface area contributed by atoms with Gasteiger partial charge in [0, 0.05) is 24.9 Å². The Morgan fingerprint density at radius 2 is 2.00 bits per heavy atom. The molecule has 0 aliphatic carbocycles. The van der Waals surface area contributed by atoms with E-state index in [-0.39, 0.29) is 23.0 Å².